The molecule has 0 radical (unpaired) electrons. The summed E-state index contributed by atoms with van der Waals surface area (Å²) >= 11 is 2.15. The molecule has 0 amide bonds. The van der Waals surface area contributed by atoms with Crippen molar-refractivity contribution in [3.63, 3.8) is 0 Å². The number of hydrogen-bond acceptors (Lipinski definition) is 2. The van der Waals surface area contributed by atoms with Crippen LogP contribution in [0.5, 0.6) is 0 Å². The summed E-state index contributed by atoms with van der Waals surface area (Å²) < 4.78 is 0. The van der Waals surface area contributed by atoms with Gasteiger partial charge in [0, 0.05) is 17.5 Å². The van der Waals surface area contributed by atoms with E-state index in [0.29, 0.717) is 12.2 Å². The number of alkyl halides is 1. The highest BCUT2D eigenvalue weighted by Crippen LogP contribution is 2.48. The van der Waals surface area contributed by atoms with Gasteiger partial charge in [-0.3, -0.25) is 9.59 Å². The van der Waals surface area contributed by atoms with Crippen LogP contribution in [0.25, 0.3) is 5.57 Å². The molecule has 0 spiro atoms. The van der Waals surface area contributed by atoms with Crippen LogP contribution in [-0.4, -0.2) is 16.5 Å². The second-order valence-corrected chi connectivity index (χ2v) is 8.55. The van der Waals surface area contributed by atoms with Crippen molar-refractivity contribution in [3.8, 4) is 0 Å². The van der Waals surface area contributed by atoms with Gasteiger partial charge in [-0.15, -0.1) is 0 Å². The van der Waals surface area contributed by atoms with Crippen LogP contribution in [0.1, 0.15) is 56.3 Å². The van der Waals surface area contributed by atoms with Crippen LogP contribution < -0.4 is 0 Å². The van der Waals surface area contributed by atoms with Gasteiger partial charge in [-0.1, -0.05) is 101 Å². The number of fused-ring (bicyclic) bond motifs is 3. The Balaban J connectivity index is 0.000000171. The van der Waals surface area contributed by atoms with Gasteiger partial charge < -0.3 is 0 Å². The summed E-state index contributed by atoms with van der Waals surface area (Å²) in [6, 6.07) is 24.3. The number of benzene rings is 3. The van der Waals surface area contributed by atoms with Crippen molar-refractivity contribution in [2.24, 2.45) is 5.41 Å². The second-order valence-electron chi connectivity index (χ2n) is 8.55. The highest BCUT2D eigenvalue weighted by molar-refractivity contribution is 14.1. The third kappa shape index (κ3) is 3.99. The van der Waals surface area contributed by atoms with Gasteiger partial charge in [0.2, 0.25) is 0 Å². The monoisotopic (exact) mass is 534 g/mol. The van der Waals surface area contributed by atoms with Gasteiger partial charge in [0.1, 0.15) is 0 Å². The van der Waals surface area contributed by atoms with Crippen LogP contribution in [0, 0.1) is 5.41 Å². The van der Waals surface area contributed by atoms with Crippen LogP contribution in [0.3, 0.4) is 0 Å². The molecule has 0 N–H and O–H groups in total. The molecule has 1 unspecified atom stereocenters. The lowest BCUT2D eigenvalue weighted by atomic mass is 9.76. The molecule has 0 bridgehead atoms. The number of aryl methyl sites for hydroxylation is 1. The zero-order valence-corrected chi connectivity index (χ0v) is 20.7. The number of allylic oxidation sites excluding steroid dienone is 2. The Bertz CT molecular complexity index is 1210. The molecule has 3 heteroatoms. The third-order valence-electron chi connectivity index (χ3n) is 6.67. The van der Waals surface area contributed by atoms with E-state index in [1.807, 2.05) is 47.4 Å². The molecule has 0 aromatic heterocycles. The molecule has 32 heavy (non-hydrogen) atoms. The molecule has 1 atom stereocenters. The molecule has 2 nitrogen and oxygen atoms in total. The number of hydrogen-bond donors (Lipinski definition) is 0. The van der Waals surface area contributed by atoms with E-state index in [4.69, 9.17) is 0 Å². The van der Waals surface area contributed by atoms with Gasteiger partial charge in [-0.2, -0.15) is 0 Å². The third-order valence-corrected chi connectivity index (χ3v) is 6.67. The molecule has 3 aromatic rings. The van der Waals surface area contributed by atoms with Crippen molar-refractivity contribution in [3.05, 3.63) is 112 Å². The van der Waals surface area contributed by atoms with E-state index >= 15 is 0 Å². The van der Waals surface area contributed by atoms with Gasteiger partial charge in [0.25, 0.3) is 0 Å². The molecule has 3 aliphatic carbocycles. The Hall–Kier alpha value is -2.53. The van der Waals surface area contributed by atoms with E-state index in [-0.39, 0.29) is 5.78 Å². The number of ketones is 2. The first-order chi connectivity index (χ1) is 15.6. The molecule has 3 aliphatic rings. The van der Waals surface area contributed by atoms with Crippen LogP contribution in [0.15, 0.2) is 78.9 Å². The van der Waals surface area contributed by atoms with E-state index in [9.17, 15) is 9.59 Å². The summed E-state index contributed by atoms with van der Waals surface area (Å²) in [6.07, 6.45) is 5.66. The zero-order chi connectivity index (χ0) is 22.7. The first-order valence-corrected chi connectivity index (χ1v) is 13.1. The van der Waals surface area contributed by atoms with E-state index in [1.165, 1.54) is 27.8 Å². The Morgan fingerprint density at radius 3 is 1.91 bits per heavy atom. The predicted molar refractivity (Wildman–Crippen MR) is 140 cm³/mol. The molecule has 0 fully saturated rings. The minimum Gasteiger partial charge on any atom is -0.294 e. The number of carbonyl (C=O) groups excluding carboxylic acids is 2. The number of Topliss-reactive ketones (excluding diaryl/α,β-unsaturated/α-hetero) is 2. The smallest absolute Gasteiger partial charge is 0.173 e. The fourth-order valence-electron chi connectivity index (χ4n) is 5.07. The topological polar surface area (TPSA) is 34.1 Å². The number of halogens is 1. The predicted octanol–water partition coefficient (Wildman–Crippen LogP) is 6.94. The summed E-state index contributed by atoms with van der Waals surface area (Å²) in [5.41, 5.74) is 7.66. The Morgan fingerprint density at radius 1 is 0.688 bits per heavy atom. The van der Waals surface area contributed by atoms with Crippen molar-refractivity contribution in [2.45, 2.75) is 32.6 Å². The quantitative estimate of drug-likeness (QED) is 0.251. The van der Waals surface area contributed by atoms with E-state index in [0.717, 1.165) is 30.4 Å². The zero-order valence-electron chi connectivity index (χ0n) is 18.5. The van der Waals surface area contributed by atoms with Gasteiger partial charge in [0.05, 0.1) is 5.41 Å². The molecule has 0 saturated carbocycles. The maximum absolute atomic E-state index is 12.9. The van der Waals surface area contributed by atoms with Crippen molar-refractivity contribution in [2.75, 3.05) is 4.93 Å². The van der Waals surface area contributed by atoms with Gasteiger partial charge in [0.15, 0.2) is 11.6 Å². The summed E-state index contributed by atoms with van der Waals surface area (Å²) in [4.78, 5) is 25.9. The fourth-order valence-corrected chi connectivity index (χ4v) is 5.07. The Morgan fingerprint density at radius 2 is 1.25 bits per heavy atom. The number of rotatable bonds is 1. The maximum atomic E-state index is 12.9. The lowest BCUT2D eigenvalue weighted by Gasteiger charge is -2.25. The van der Waals surface area contributed by atoms with Crippen molar-refractivity contribution in [1.82, 2.24) is 0 Å². The molecule has 0 aliphatic heterocycles. The molecule has 0 heterocycles. The lowest BCUT2D eigenvalue weighted by Crippen LogP contribution is -2.25. The van der Waals surface area contributed by atoms with Gasteiger partial charge in [-0.25, -0.2) is 0 Å². The second kappa shape index (κ2) is 9.53. The van der Waals surface area contributed by atoms with Crippen LogP contribution in [-0.2, 0) is 19.3 Å². The molecule has 3 aromatic carbocycles. The lowest BCUT2D eigenvalue weighted by molar-refractivity contribution is 0.0899. The van der Waals surface area contributed by atoms with Crippen LogP contribution >= 0.6 is 22.6 Å². The van der Waals surface area contributed by atoms with Crippen LogP contribution in [0.2, 0.25) is 0 Å². The molecule has 162 valence electrons. The summed E-state index contributed by atoms with van der Waals surface area (Å²) in [6.45, 7) is 2.10. The number of carbonyl (C=O) groups is 2. The summed E-state index contributed by atoms with van der Waals surface area (Å²) in [7, 11) is 0. The van der Waals surface area contributed by atoms with E-state index < -0.39 is 5.41 Å². The van der Waals surface area contributed by atoms with Crippen molar-refractivity contribution >= 4 is 39.7 Å². The minimum atomic E-state index is -0.393. The average Bonchev–Trinajstić information content (AvgIpc) is 3.51. The first kappa shape index (κ1) is 22.7. The average molecular weight is 534 g/mol. The fraction of sp³-hybridized carbons (Fsp3) is 0.241. The largest absolute Gasteiger partial charge is 0.294 e. The standard InChI is InChI=1S/C19H16O.C9H8O.CH3I/c1-19(12-14-7-3-5-9-16(14)18(19)20)17-11-10-13-6-2-4-8-15(13)17;10-9-6-5-7-3-1-2-4-8(7)9;1-2/h2-9,11H,10,12H2,1H3;1-4H,5-6H2;1H3. The first-order valence-electron chi connectivity index (χ1n) is 11.0. The SMILES string of the molecule is CC1(C2=CCc3ccccc32)Cc2ccccc2C1=O.CI.O=C1CCc2ccccc21. The molecule has 6 rings (SSSR count). The van der Waals surface area contributed by atoms with E-state index in [1.54, 1.807) is 0 Å². The van der Waals surface area contributed by atoms with Gasteiger partial charge >= 0.3 is 0 Å². The highest BCUT2D eigenvalue weighted by Gasteiger charge is 2.45. The Labute approximate surface area is 203 Å². The van der Waals surface area contributed by atoms with Crippen molar-refractivity contribution < 1.29 is 9.59 Å². The van der Waals surface area contributed by atoms with E-state index in [2.05, 4.69) is 65.9 Å². The van der Waals surface area contributed by atoms with Crippen LogP contribution in [0.4, 0.5) is 0 Å². The normalized spacial score (nSPS) is 19.7. The molecule has 0 saturated heterocycles. The molecular weight excluding hydrogens is 507 g/mol. The molecular formula is C29H27IO2. The Kier molecular flexibility index (Phi) is 6.75. The minimum absolute atomic E-state index is 0.274. The summed E-state index contributed by atoms with van der Waals surface area (Å²) in [5.74, 6) is 0.576. The maximum Gasteiger partial charge on any atom is 0.173 e. The van der Waals surface area contributed by atoms with Crippen molar-refractivity contribution in [1.29, 1.82) is 0 Å². The highest BCUT2D eigenvalue weighted by atomic mass is 127. The summed E-state index contributed by atoms with van der Waals surface area (Å²) in [5, 5.41) is 0. The van der Waals surface area contributed by atoms with Gasteiger partial charge in [-0.05, 0) is 58.9 Å².